The lowest BCUT2D eigenvalue weighted by atomic mass is 9.99. The molecule has 10 nitrogen and oxygen atoms in total. The van der Waals surface area contributed by atoms with E-state index in [-0.39, 0.29) is 30.0 Å². The molecule has 25 heavy (non-hydrogen) atoms. The smallest absolute Gasteiger partial charge is 0.325 e. The van der Waals surface area contributed by atoms with Crippen molar-refractivity contribution in [1.29, 1.82) is 0 Å². The quantitative estimate of drug-likeness (QED) is 0.709. The number of nitrogens with zero attached hydrogens (tertiary/aromatic N) is 4. The highest BCUT2D eigenvalue weighted by atomic mass is 16.5. The van der Waals surface area contributed by atoms with Gasteiger partial charge in [-0.3, -0.25) is 14.6 Å². The van der Waals surface area contributed by atoms with Gasteiger partial charge in [0.25, 0.3) is 5.56 Å². The minimum absolute atomic E-state index is 0.0106. The first-order valence-corrected chi connectivity index (χ1v) is 8.13. The van der Waals surface area contributed by atoms with Crippen LogP contribution >= 0.6 is 0 Å². The normalized spacial score (nSPS) is 22.4. The van der Waals surface area contributed by atoms with Gasteiger partial charge in [0.1, 0.15) is 0 Å². The molecule has 2 aliphatic rings. The van der Waals surface area contributed by atoms with Crippen LogP contribution in [0.3, 0.4) is 0 Å². The molecule has 1 amide bonds. The Labute approximate surface area is 141 Å². The molecule has 2 aliphatic heterocycles. The fraction of sp³-hybridized carbons (Fsp3) is 0.533. The summed E-state index contributed by atoms with van der Waals surface area (Å²) in [6, 6.07) is -0.0705. The Bertz CT molecular complexity index is 929. The van der Waals surface area contributed by atoms with Crippen molar-refractivity contribution in [3.8, 4) is 0 Å². The highest BCUT2D eigenvalue weighted by Gasteiger charge is 2.37. The van der Waals surface area contributed by atoms with E-state index in [2.05, 4.69) is 20.3 Å². The molecule has 2 atom stereocenters. The first-order valence-electron chi connectivity index (χ1n) is 8.13. The average Bonchev–Trinajstić information content (AvgIpc) is 3.06. The van der Waals surface area contributed by atoms with Gasteiger partial charge in [0.05, 0.1) is 37.1 Å². The van der Waals surface area contributed by atoms with Gasteiger partial charge in [-0.05, 0) is 13.3 Å². The van der Waals surface area contributed by atoms with Crippen LogP contribution in [0.25, 0.3) is 0 Å². The van der Waals surface area contributed by atoms with Crippen molar-refractivity contribution in [2.45, 2.75) is 38.5 Å². The van der Waals surface area contributed by atoms with Crippen LogP contribution in [-0.4, -0.2) is 55.0 Å². The van der Waals surface area contributed by atoms with E-state index >= 15 is 0 Å². The number of aromatic nitrogens is 5. The standard InChI is InChI=1S/C15H18N6O4/c1-8-10(14(23)18-15(24)17-8)4-13(22)20-3-2-12-11(6-20)21-9(7-25-12)5-16-19-21/h5,11-12H,2-4,6-7H2,1H3,(H2,17,18,23,24)/t11-,12-/m0/s1. The Hall–Kier alpha value is -2.75. The van der Waals surface area contributed by atoms with Crippen LogP contribution in [-0.2, 0) is 22.6 Å². The van der Waals surface area contributed by atoms with Gasteiger partial charge in [0, 0.05) is 24.3 Å². The summed E-state index contributed by atoms with van der Waals surface area (Å²) in [5.41, 5.74) is 0.495. The number of fused-ring (bicyclic) bond motifs is 3. The van der Waals surface area contributed by atoms with Crippen LogP contribution in [0.4, 0.5) is 0 Å². The summed E-state index contributed by atoms with van der Waals surface area (Å²) < 4.78 is 7.66. The maximum absolute atomic E-state index is 12.7. The number of ether oxygens (including phenoxy) is 1. The van der Waals surface area contributed by atoms with Crippen molar-refractivity contribution in [2.75, 3.05) is 13.1 Å². The van der Waals surface area contributed by atoms with Crippen molar-refractivity contribution in [3.05, 3.63) is 44.0 Å². The number of nitrogens with one attached hydrogen (secondary N) is 2. The number of carbonyl (C=O) groups is 1. The second kappa shape index (κ2) is 5.96. The van der Waals surface area contributed by atoms with E-state index in [9.17, 15) is 14.4 Å². The Morgan fingerprint density at radius 1 is 1.40 bits per heavy atom. The molecule has 0 aromatic carbocycles. The zero-order valence-electron chi connectivity index (χ0n) is 13.7. The highest BCUT2D eigenvalue weighted by molar-refractivity contribution is 5.79. The lowest BCUT2D eigenvalue weighted by Gasteiger charge is -2.41. The predicted molar refractivity (Wildman–Crippen MR) is 85.0 cm³/mol. The Morgan fingerprint density at radius 2 is 2.24 bits per heavy atom. The molecule has 2 aromatic heterocycles. The predicted octanol–water partition coefficient (Wildman–Crippen LogP) is -1.12. The summed E-state index contributed by atoms with van der Waals surface area (Å²) in [6.45, 7) is 3.11. The Morgan fingerprint density at radius 3 is 3.04 bits per heavy atom. The zero-order valence-corrected chi connectivity index (χ0v) is 13.7. The van der Waals surface area contributed by atoms with Gasteiger partial charge in [-0.25, -0.2) is 9.48 Å². The lowest BCUT2D eigenvalue weighted by molar-refractivity contribution is -0.137. The fourth-order valence-electron chi connectivity index (χ4n) is 3.51. The fourth-order valence-corrected chi connectivity index (χ4v) is 3.51. The van der Waals surface area contributed by atoms with E-state index in [0.29, 0.717) is 31.8 Å². The minimum Gasteiger partial charge on any atom is -0.370 e. The molecular weight excluding hydrogens is 328 g/mol. The van der Waals surface area contributed by atoms with Crippen LogP contribution in [0.5, 0.6) is 0 Å². The van der Waals surface area contributed by atoms with E-state index in [0.717, 1.165) is 5.69 Å². The summed E-state index contributed by atoms with van der Waals surface area (Å²) in [4.78, 5) is 42.3. The van der Waals surface area contributed by atoms with Gasteiger partial charge >= 0.3 is 5.69 Å². The summed E-state index contributed by atoms with van der Waals surface area (Å²) in [5.74, 6) is -0.161. The number of carbonyl (C=O) groups excluding carboxylic acids is 1. The molecule has 0 unspecified atom stereocenters. The van der Waals surface area contributed by atoms with Crippen LogP contribution in [0, 0.1) is 6.92 Å². The number of H-pyrrole nitrogens is 2. The summed E-state index contributed by atoms with van der Waals surface area (Å²) in [6.07, 6.45) is 2.33. The Kier molecular flexibility index (Phi) is 3.75. The Balaban J connectivity index is 1.53. The van der Waals surface area contributed by atoms with Crippen molar-refractivity contribution in [1.82, 2.24) is 29.9 Å². The van der Waals surface area contributed by atoms with Crippen LogP contribution in [0.2, 0.25) is 0 Å². The minimum atomic E-state index is -0.572. The van der Waals surface area contributed by atoms with Crippen molar-refractivity contribution < 1.29 is 9.53 Å². The van der Waals surface area contributed by atoms with Crippen LogP contribution in [0.15, 0.2) is 15.8 Å². The summed E-state index contributed by atoms with van der Waals surface area (Å²) >= 11 is 0. The first kappa shape index (κ1) is 15.8. The molecular formula is C15H18N6O4. The molecule has 4 heterocycles. The molecule has 132 valence electrons. The summed E-state index contributed by atoms with van der Waals surface area (Å²) in [5, 5.41) is 8.03. The number of hydrogen-bond donors (Lipinski definition) is 2. The third kappa shape index (κ3) is 2.78. The van der Waals surface area contributed by atoms with Gasteiger partial charge < -0.3 is 14.6 Å². The molecule has 2 aromatic rings. The maximum Gasteiger partial charge on any atom is 0.325 e. The molecule has 10 heteroatoms. The van der Waals surface area contributed by atoms with E-state index in [1.807, 2.05) is 4.68 Å². The van der Waals surface area contributed by atoms with E-state index in [1.165, 1.54) is 0 Å². The van der Waals surface area contributed by atoms with Gasteiger partial charge in [-0.1, -0.05) is 5.21 Å². The highest BCUT2D eigenvalue weighted by Crippen LogP contribution is 2.30. The van der Waals surface area contributed by atoms with Crippen LogP contribution in [0.1, 0.15) is 29.4 Å². The second-order valence-electron chi connectivity index (χ2n) is 6.40. The molecule has 1 saturated heterocycles. The van der Waals surface area contributed by atoms with Gasteiger partial charge in [0.2, 0.25) is 5.91 Å². The van der Waals surface area contributed by atoms with Crippen LogP contribution < -0.4 is 11.2 Å². The van der Waals surface area contributed by atoms with E-state index < -0.39 is 11.2 Å². The average molecular weight is 346 g/mol. The number of hydrogen-bond acceptors (Lipinski definition) is 6. The third-order valence-electron chi connectivity index (χ3n) is 4.86. The number of piperidine rings is 1. The van der Waals surface area contributed by atoms with Gasteiger partial charge in [-0.2, -0.15) is 0 Å². The SMILES string of the molecule is Cc1[nH]c(=O)[nH]c(=O)c1CC(=O)N1CC[C@@H]2OCc3cnnn3[C@H]2C1. The molecule has 0 bridgehead atoms. The lowest BCUT2D eigenvalue weighted by Crippen LogP contribution is -2.50. The van der Waals surface area contributed by atoms with E-state index in [1.54, 1.807) is 18.0 Å². The maximum atomic E-state index is 12.7. The molecule has 4 rings (SSSR count). The van der Waals surface area contributed by atoms with E-state index in [4.69, 9.17) is 4.74 Å². The number of rotatable bonds is 2. The summed E-state index contributed by atoms with van der Waals surface area (Å²) in [7, 11) is 0. The monoisotopic (exact) mass is 346 g/mol. The van der Waals surface area contributed by atoms with Gasteiger partial charge in [-0.15, -0.1) is 5.10 Å². The van der Waals surface area contributed by atoms with Crippen molar-refractivity contribution in [3.63, 3.8) is 0 Å². The molecule has 0 spiro atoms. The largest absolute Gasteiger partial charge is 0.370 e. The van der Waals surface area contributed by atoms with Crippen molar-refractivity contribution >= 4 is 5.91 Å². The number of amides is 1. The molecule has 0 aliphatic carbocycles. The number of aryl methyl sites for hydroxylation is 1. The second-order valence-corrected chi connectivity index (χ2v) is 6.40. The van der Waals surface area contributed by atoms with Gasteiger partial charge in [0.15, 0.2) is 0 Å². The molecule has 1 fully saturated rings. The van der Waals surface area contributed by atoms with Crippen molar-refractivity contribution in [2.24, 2.45) is 0 Å². The number of aromatic amines is 2. The third-order valence-corrected chi connectivity index (χ3v) is 4.86. The molecule has 2 N–H and O–H groups in total. The zero-order chi connectivity index (χ0) is 17.6. The molecule has 0 radical (unpaired) electrons. The molecule has 0 saturated carbocycles. The first-order chi connectivity index (χ1) is 12.0. The topological polar surface area (TPSA) is 126 Å². The number of likely N-dealkylation sites (tertiary alicyclic amines) is 1.